The standard InChI is InChI=1S/C7H6N4/c1-2-9-6-4-8-5-11-7(6)10-3-1/h1-5,9H. The van der Waals surface area contributed by atoms with Crippen molar-refractivity contribution in [2.45, 2.75) is 0 Å². The van der Waals surface area contributed by atoms with E-state index in [1.807, 2.05) is 6.08 Å². The van der Waals surface area contributed by atoms with Crippen LogP contribution < -0.4 is 5.32 Å². The van der Waals surface area contributed by atoms with Gasteiger partial charge in [-0.1, -0.05) is 0 Å². The van der Waals surface area contributed by atoms with E-state index in [-0.39, 0.29) is 0 Å². The normalized spacial score (nSPS) is 13.5. The second-order valence-corrected chi connectivity index (χ2v) is 2.04. The molecule has 1 N–H and O–H groups in total. The minimum atomic E-state index is 0.671. The molecule has 0 saturated heterocycles. The molecule has 4 heteroatoms. The summed E-state index contributed by atoms with van der Waals surface area (Å²) in [7, 11) is 0. The van der Waals surface area contributed by atoms with Gasteiger partial charge in [0, 0.05) is 12.4 Å². The molecule has 2 rings (SSSR count). The first-order chi connectivity index (χ1) is 5.47. The third kappa shape index (κ3) is 1.10. The van der Waals surface area contributed by atoms with Gasteiger partial charge in [-0.05, 0) is 6.08 Å². The maximum Gasteiger partial charge on any atom is 0.178 e. The van der Waals surface area contributed by atoms with E-state index in [1.54, 1.807) is 18.6 Å². The Morgan fingerprint density at radius 1 is 1.36 bits per heavy atom. The molecule has 0 fully saturated rings. The van der Waals surface area contributed by atoms with Gasteiger partial charge >= 0.3 is 0 Å². The first-order valence-electron chi connectivity index (χ1n) is 3.22. The third-order valence-electron chi connectivity index (χ3n) is 1.31. The summed E-state index contributed by atoms with van der Waals surface area (Å²) in [6, 6.07) is 0. The van der Waals surface area contributed by atoms with E-state index in [2.05, 4.69) is 20.3 Å². The molecular formula is C7H6N4. The van der Waals surface area contributed by atoms with Gasteiger partial charge in [-0.3, -0.25) is 0 Å². The molecule has 0 spiro atoms. The second kappa shape index (κ2) is 2.49. The number of allylic oxidation sites excluding steroid dienone is 1. The third-order valence-corrected chi connectivity index (χ3v) is 1.31. The van der Waals surface area contributed by atoms with Gasteiger partial charge in [0.05, 0.1) is 6.20 Å². The molecule has 0 bridgehead atoms. The first-order valence-corrected chi connectivity index (χ1v) is 3.22. The van der Waals surface area contributed by atoms with Gasteiger partial charge in [0.2, 0.25) is 0 Å². The molecule has 4 nitrogen and oxygen atoms in total. The van der Waals surface area contributed by atoms with Gasteiger partial charge in [-0.15, -0.1) is 0 Å². The molecular weight excluding hydrogens is 140 g/mol. The van der Waals surface area contributed by atoms with Crippen LogP contribution in [0.15, 0.2) is 29.8 Å². The summed E-state index contributed by atoms with van der Waals surface area (Å²) in [6.07, 6.45) is 8.45. The summed E-state index contributed by atoms with van der Waals surface area (Å²) in [4.78, 5) is 11.9. The molecule has 0 saturated carbocycles. The highest BCUT2D eigenvalue weighted by atomic mass is 15.0. The minimum Gasteiger partial charge on any atom is -0.357 e. The van der Waals surface area contributed by atoms with Crippen LogP contribution in [0.25, 0.3) is 0 Å². The zero-order valence-corrected chi connectivity index (χ0v) is 5.73. The Labute approximate surface area is 63.7 Å². The molecule has 0 aliphatic carbocycles. The van der Waals surface area contributed by atoms with Crippen molar-refractivity contribution in [3.8, 4) is 0 Å². The molecule has 0 aromatic carbocycles. The van der Waals surface area contributed by atoms with Crippen molar-refractivity contribution in [3.63, 3.8) is 0 Å². The summed E-state index contributed by atoms with van der Waals surface area (Å²) in [5.41, 5.74) is 0.831. The van der Waals surface area contributed by atoms with E-state index in [1.165, 1.54) is 6.33 Å². The van der Waals surface area contributed by atoms with Crippen molar-refractivity contribution in [3.05, 3.63) is 24.8 Å². The Balaban J connectivity index is 2.52. The van der Waals surface area contributed by atoms with Crippen LogP contribution in [0.1, 0.15) is 0 Å². The van der Waals surface area contributed by atoms with Crippen LogP contribution in [0, 0.1) is 0 Å². The zero-order valence-electron chi connectivity index (χ0n) is 5.73. The van der Waals surface area contributed by atoms with Crippen LogP contribution in [-0.2, 0) is 0 Å². The lowest BCUT2D eigenvalue weighted by Gasteiger charge is -1.98. The highest BCUT2D eigenvalue weighted by Gasteiger charge is 1.99. The second-order valence-electron chi connectivity index (χ2n) is 2.04. The van der Waals surface area contributed by atoms with Gasteiger partial charge in [0.1, 0.15) is 12.0 Å². The number of nitrogens with zero attached hydrogens (tertiary/aromatic N) is 3. The maximum absolute atomic E-state index is 4.06. The van der Waals surface area contributed by atoms with Crippen molar-refractivity contribution in [1.29, 1.82) is 0 Å². The summed E-state index contributed by atoms with van der Waals surface area (Å²) in [5.74, 6) is 0.671. The number of aliphatic imine (C=N–C) groups is 1. The van der Waals surface area contributed by atoms with E-state index in [0.29, 0.717) is 5.82 Å². The smallest absolute Gasteiger partial charge is 0.178 e. The number of aromatic nitrogens is 2. The largest absolute Gasteiger partial charge is 0.357 e. The van der Waals surface area contributed by atoms with Crippen LogP contribution in [-0.4, -0.2) is 16.2 Å². The summed E-state index contributed by atoms with van der Waals surface area (Å²) >= 11 is 0. The van der Waals surface area contributed by atoms with E-state index in [0.717, 1.165) is 5.69 Å². The van der Waals surface area contributed by atoms with Crippen molar-refractivity contribution in [2.24, 2.45) is 4.99 Å². The van der Waals surface area contributed by atoms with E-state index in [9.17, 15) is 0 Å². The molecule has 0 atom stereocenters. The van der Waals surface area contributed by atoms with Crippen molar-refractivity contribution < 1.29 is 0 Å². The van der Waals surface area contributed by atoms with Gasteiger partial charge in [-0.25, -0.2) is 15.0 Å². The fourth-order valence-corrected chi connectivity index (χ4v) is 0.822. The summed E-state index contributed by atoms with van der Waals surface area (Å²) in [5, 5.41) is 2.99. The molecule has 1 aliphatic rings. The van der Waals surface area contributed by atoms with Gasteiger partial charge in [0.25, 0.3) is 0 Å². The van der Waals surface area contributed by atoms with Gasteiger partial charge in [-0.2, -0.15) is 0 Å². The first kappa shape index (κ1) is 6.03. The molecule has 0 amide bonds. The fourth-order valence-electron chi connectivity index (χ4n) is 0.822. The van der Waals surface area contributed by atoms with Crippen LogP contribution >= 0.6 is 0 Å². The molecule has 1 aromatic heterocycles. The van der Waals surface area contributed by atoms with E-state index in [4.69, 9.17) is 0 Å². The Bertz CT molecular complexity index is 316. The number of nitrogens with one attached hydrogen (secondary N) is 1. The Morgan fingerprint density at radius 2 is 2.36 bits per heavy atom. The van der Waals surface area contributed by atoms with Crippen molar-refractivity contribution in [1.82, 2.24) is 9.97 Å². The lowest BCUT2D eigenvalue weighted by Crippen LogP contribution is -1.88. The van der Waals surface area contributed by atoms with Crippen LogP contribution in [0.4, 0.5) is 11.5 Å². The fraction of sp³-hybridized carbons (Fsp3) is 0. The quantitative estimate of drug-likeness (QED) is 0.596. The van der Waals surface area contributed by atoms with Crippen LogP contribution in [0.5, 0.6) is 0 Å². The Hall–Kier alpha value is -1.71. The lowest BCUT2D eigenvalue weighted by atomic mass is 10.5. The van der Waals surface area contributed by atoms with Crippen LogP contribution in [0.3, 0.4) is 0 Å². The highest BCUT2D eigenvalue weighted by molar-refractivity contribution is 5.79. The van der Waals surface area contributed by atoms with Crippen molar-refractivity contribution >= 4 is 17.7 Å². The predicted molar refractivity (Wildman–Crippen MR) is 42.9 cm³/mol. The predicted octanol–water partition coefficient (Wildman–Crippen LogP) is 1.12. The van der Waals surface area contributed by atoms with Crippen molar-refractivity contribution in [2.75, 3.05) is 5.32 Å². The monoisotopic (exact) mass is 146 g/mol. The zero-order chi connectivity index (χ0) is 7.52. The van der Waals surface area contributed by atoms with Crippen LogP contribution in [0.2, 0.25) is 0 Å². The van der Waals surface area contributed by atoms with Gasteiger partial charge in [0.15, 0.2) is 5.82 Å². The molecule has 2 heterocycles. The number of rotatable bonds is 0. The molecule has 0 radical (unpaired) electrons. The topological polar surface area (TPSA) is 50.2 Å². The number of anilines is 1. The molecule has 11 heavy (non-hydrogen) atoms. The lowest BCUT2D eigenvalue weighted by molar-refractivity contribution is 1.15. The van der Waals surface area contributed by atoms with E-state index < -0.39 is 0 Å². The summed E-state index contributed by atoms with van der Waals surface area (Å²) < 4.78 is 0. The molecule has 54 valence electrons. The average molecular weight is 146 g/mol. The summed E-state index contributed by atoms with van der Waals surface area (Å²) in [6.45, 7) is 0. The Morgan fingerprint density at radius 3 is 3.36 bits per heavy atom. The number of hydrogen-bond donors (Lipinski definition) is 1. The number of hydrogen-bond acceptors (Lipinski definition) is 4. The molecule has 1 aliphatic heterocycles. The SMILES string of the molecule is C1=CNc2cncnc2N=C1. The highest BCUT2D eigenvalue weighted by Crippen LogP contribution is 2.20. The number of fused-ring (bicyclic) bond motifs is 1. The minimum absolute atomic E-state index is 0.671. The molecule has 1 aromatic rings. The molecule has 0 unspecified atom stereocenters. The average Bonchev–Trinajstić information content (AvgIpc) is 2.28. The Kier molecular flexibility index (Phi) is 1.37. The maximum atomic E-state index is 4.06. The van der Waals surface area contributed by atoms with E-state index >= 15 is 0 Å². The van der Waals surface area contributed by atoms with Gasteiger partial charge < -0.3 is 5.32 Å².